The van der Waals surface area contributed by atoms with Crippen LogP contribution in [0, 0.1) is 0 Å². The highest BCUT2D eigenvalue weighted by molar-refractivity contribution is 5.77. The Morgan fingerprint density at radius 3 is 2.60 bits per heavy atom. The maximum absolute atomic E-state index is 11.7. The van der Waals surface area contributed by atoms with Gasteiger partial charge in [0.05, 0.1) is 13.2 Å². The fourth-order valence-corrected chi connectivity index (χ4v) is 2.35. The average Bonchev–Trinajstić information content (AvgIpc) is 2.49. The van der Waals surface area contributed by atoms with E-state index in [1.54, 1.807) is 7.11 Å². The van der Waals surface area contributed by atoms with Gasteiger partial charge in [0.2, 0.25) is 5.91 Å². The zero-order valence-electron chi connectivity index (χ0n) is 13.2. The van der Waals surface area contributed by atoms with Gasteiger partial charge in [-0.1, -0.05) is 6.92 Å². The number of rotatable bonds is 9. The van der Waals surface area contributed by atoms with Crippen LogP contribution < -0.4 is 10.6 Å². The molecule has 2 N–H and O–H groups in total. The van der Waals surface area contributed by atoms with Crippen LogP contribution in [0.2, 0.25) is 0 Å². The molecule has 0 aliphatic carbocycles. The van der Waals surface area contributed by atoms with Crippen LogP contribution in [0.5, 0.6) is 0 Å². The first-order valence-corrected chi connectivity index (χ1v) is 7.60. The number of nitrogens with zero attached hydrogens (tertiary/aromatic N) is 2. The summed E-state index contributed by atoms with van der Waals surface area (Å²) in [4.78, 5) is 16.6. The van der Waals surface area contributed by atoms with E-state index in [1.807, 2.05) is 0 Å². The van der Waals surface area contributed by atoms with Gasteiger partial charge in [-0.15, -0.1) is 0 Å². The molecule has 1 saturated heterocycles. The molecule has 118 valence electrons. The van der Waals surface area contributed by atoms with Gasteiger partial charge in [-0.3, -0.25) is 9.69 Å². The molecule has 6 nitrogen and oxygen atoms in total. The summed E-state index contributed by atoms with van der Waals surface area (Å²) < 4.78 is 4.91. The van der Waals surface area contributed by atoms with Crippen LogP contribution in [0.15, 0.2) is 0 Å². The van der Waals surface area contributed by atoms with Crippen molar-refractivity contribution in [1.29, 1.82) is 0 Å². The van der Waals surface area contributed by atoms with E-state index in [9.17, 15) is 4.79 Å². The topological polar surface area (TPSA) is 56.8 Å². The van der Waals surface area contributed by atoms with Gasteiger partial charge in [0.15, 0.2) is 0 Å². The minimum atomic E-state index is 0.0557. The molecule has 1 atom stereocenters. The van der Waals surface area contributed by atoms with Gasteiger partial charge >= 0.3 is 0 Å². The van der Waals surface area contributed by atoms with E-state index in [0.29, 0.717) is 25.7 Å². The lowest BCUT2D eigenvalue weighted by atomic mass is 10.2. The standard InChI is InChI=1S/C14H30N4O2/c1-4-17-6-8-18(9-7-17)13(2)11-16-14(19)12-15-5-10-20-3/h13,15H,4-12H2,1-3H3,(H,16,19). The van der Waals surface area contributed by atoms with Gasteiger partial charge < -0.3 is 20.3 Å². The predicted molar refractivity (Wildman–Crippen MR) is 80.9 cm³/mol. The maximum Gasteiger partial charge on any atom is 0.234 e. The number of piperazine rings is 1. The average molecular weight is 286 g/mol. The molecule has 0 aromatic carbocycles. The molecule has 1 aliphatic heterocycles. The van der Waals surface area contributed by atoms with Gasteiger partial charge in [-0.25, -0.2) is 0 Å². The van der Waals surface area contributed by atoms with Crippen molar-refractivity contribution in [2.24, 2.45) is 0 Å². The second-order valence-corrected chi connectivity index (χ2v) is 5.29. The van der Waals surface area contributed by atoms with E-state index < -0.39 is 0 Å². The smallest absolute Gasteiger partial charge is 0.234 e. The van der Waals surface area contributed by atoms with Crippen molar-refractivity contribution in [1.82, 2.24) is 20.4 Å². The Labute approximate surface area is 122 Å². The predicted octanol–water partition coefficient (Wildman–Crippen LogP) is -0.635. The van der Waals surface area contributed by atoms with Crippen LogP contribution in [-0.2, 0) is 9.53 Å². The molecule has 1 unspecified atom stereocenters. The lowest BCUT2D eigenvalue weighted by Crippen LogP contribution is -2.52. The summed E-state index contributed by atoms with van der Waals surface area (Å²) in [7, 11) is 1.65. The molecule has 1 heterocycles. The fraction of sp³-hybridized carbons (Fsp3) is 0.929. The van der Waals surface area contributed by atoms with E-state index in [0.717, 1.165) is 39.3 Å². The first-order chi connectivity index (χ1) is 9.67. The van der Waals surface area contributed by atoms with Crippen molar-refractivity contribution in [2.45, 2.75) is 19.9 Å². The number of nitrogens with one attached hydrogen (secondary N) is 2. The van der Waals surface area contributed by atoms with Gasteiger partial charge in [0.25, 0.3) is 0 Å². The maximum atomic E-state index is 11.7. The van der Waals surface area contributed by atoms with E-state index >= 15 is 0 Å². The number of ether oxygens (including phenoxy) is 1. The van der Waals surface area contributed by atoms with Crippen molar-refractivity contribution in [3.05, 3.63) is 0 Å². The summed E-state index contributed by atoms with van der Waals surface area (Å²) in [5, 5.41) is 6.03. The Bertz CT molecular complexity index is 268. The van der Waals surface area contributed by atoms with E-state index in [-0.39, 0.29) is 5.91 Å². The summed E-state index contributed by atoms with van der Waals surface area (Å²) in [6, 6.07) is 0.400. The first-order valence-electron chi connectivity index (χ1n) is 7.60. The van der Waals surface area contributed by atoms with Crippen LogP contribution >= 0.6 is 0 Å². The van der Waals surface area contributed by atoms with Crippen molar-refractivity contribution < 1.29 is 9.53 Å². The number of carbonyl (C=O) groups is 1. The van der Waals surface area contributed by atoms with Crippen LogP contribution in [0.4, 0.5) is 0 Å². The highest BCUT2D eigenvalue weighted by Crippen LogP contribution is 2.05. The summed E-state index contributed by atoms with van der Waals surface area (Å²) in [5.74, 6) is 0.0557. The Kier molecular flexibility index (Phi) is 8.77. The summed E-state index contributed by atoms with van der Waals surface area (Å²) in [6.45, 7) is 12.4. The molecule has 1 aliphatic rings. The lowest BCUT2D eigenvalue weighted by molar-refractivity contribution is -0.120. The number of hydrogen-bond acceptors (Lipinski definition) is 5. The SMILES string of the molecule is CCN1CCN(C(C)CNC(=O)CNCCOC)CC1. The monoisotopic (exact) mass is 286 g/mol. The molecule has 6 heteroatoms. The molecular formula is C14H30N4O2. The van der Waals surface area contributed by atoms with Gasteiger partial charge in [-0.2, -0.15) is 0 Å². The summed E-state index contributed by atoms with van der Waals surface area (Å²) in [6.07, 6.45) is 0. The van der Waals surface area contributed by atoms with Crippen molar-refractivity contribution in [3.8, 4) is 0 Å². The molecule has 1 rings (SSSR count). The third-order valence-corrected chi connectivity index (χ3v) is 3.84. The number of methoxy groups -OCH3 is 1. The fourth-order valence-electron chi connectivity index (χ4n) is 2.35. The molecule has 0 spiro atoms. The zero-order valence-corrected chi connectivity index (χ0v) is 13.2. The van der Waals surface area contributed by atoms with Crippen molar-refractivity contribution in [3.63, 3.8) is 0 Å². The Hall–Kier alpha value is -0.690. The Morgan fingerprint density at radius 1 is 1.30 bits per heavy atom. The number of likely N-dealkylation sites (N-methyl/N-ethyl adjacent to an activating group) is 1. The molecule has 0 aromatic heterocycles. The minimum absolute atomic E-state index is 0.0557. The zero-order chi connectivity index (χ0) is 14.8. The summed E-state index contributed by atoms with van der Waals surface area (Å²) in [5.41, 5.74) is 0. The highest BCUT2D eigenvalue weighted by atomic mass is 16.5. The highest BCUT2D eigenvalue weighted by Gasteiger charge is 2.20. The Morgan fingerprint density at radius 2 is 2.00 bits per heavy atom. The minimum Gasteiger partial charge on any atom is -0.383 e. The van der Waals surface area contributed by atoms with Crippen LogP contribution in [0.1, 0.15) is 13.8 Å². The van der Waals surface area contributed by atoms with E-state index in [1.165, 1.54) is 0 Å². The molecule has 0 aromatic rings. The van der Waals surface area contributed by atoms with Gasteiger partial charge in [0, 0.05) is 52.4 Å². The molecular weight excluding hydrogens is 256 g/mol. The Balaban J connectivity index is 2.10. The largest absolute Gasteiger partial charge is 0.383 e. The third-order valence-electron chi connectivity index (χ3n) is 3.84. The molecule has 0 radical (unpaired) electrons. The number of amides is 1. The van der Waals surface area contributed by atoms with E-state index in [2.05, 4.69) is 34.3 Å². The second kappa shape index (κ2) is 10.1. The van der Waals surface area contributed by atoms with Crippen LogP contribution in [-0.4, -0.2) is 87.8 Å². The molecule has 0 bridgehead atoms. The van der Waals surface area contributed by atoms with E-state index in [4.69, 9.17) is 4.74 Å². The quantitative estimate of drug-likeness (QED) is 0.553. The number of carbonyl (C=O) groups excluding carboxylic acids is 1. The van der Waals surface area contributed by atoms with Crippen LogP contribution in [0.3, 0.4) is 0 Å². The van der Waals surface area contributed by atoms with Crippen LogP contribution in [0.25, 0.3) is 0 Å². The van der Waals surface area contributed by atoms with Crippen molar-refractivity contribution in [2.75, 3.05) is 66.1 Å². The van der Waals surface area contributed by atoms with Gasteiger partial charge in [0.1, 0.15) is 0 Å². The molecule has 1 amide bonds. The number of hydrogen-bond donors (Lipinski definition) is 2. The molecule has 0 saturated carbocycles. The first kappa shape index (κ1) is 17.4. The lowest BCUT2D eigenvalue weighted by Gasteiger charge is -2.37. The third kappa shape index (κ3) is 6.65. The molecule has 20 heavy (non-hydrogen) atoms. The summed E-state index contributed by atoms with van der Waals surface area (Å²) >= 11 is 0. The second-order valence-electron chi connectivity index (χ2n) is 5.29. The van der Waals surface area contributed by atoms with Crippen molar-refractivity contribution >= 4 is 5.91 Å². The molecule has 1 fully saturated rings. The normalized spacial score (nSPS) is 18.9. The van der Waals surface area contributed by atoms with Gasteiger partial charge in [-0.05, 0) is 13.5 Å².